The molecule has 12 aromatic rings. The second kappa shape index (κ2) is 14.5. The number of nitrogens with zero attached hydrogens (tertiary/aromatic N) is 1. The average molecular weight is 796 g/mol. The summed E-state index contributed by atoms with van der Waals surface area (Å²) < 4.78 is 9.34. The number of furan rings is 1. The number of thiophene rings is 1. The fourth-order valence-corrected chi connectivity index (χ4v) is 10.2. The molecule has 0 unspecified atom stereocenters. The molecular formula is C58H37NOS. The topological polar surface area (TPSA) is 16.4 Å². The van der Waals surface area contributed by atoms with Gasteiger partial charge in [-0.1, -0.05) is 152 Å². The lowest BCUT2D eigenvalue weighted by atomic mass is 9.93. The van der Waals surface area contributed by atoms with Gasteiger partial charge in [0.1, 0.15) is 11.2 Å². The molecule has 0 saturated carbocycles. The van der Waals surface area contributed by atoms with E-state index in [4.69, 9.17) is 4.42 Å². The number of hydrogen-bond acceptors (Lipinski definition) is 3. The lowest BCUT2D eigenvalue weighted by Crippen LogP contribution is -2.10. The highest BCUT2D eigenvalue weighted by Gasteiger charge is 2.21. The van der Waals surface area contributed by atoms with Gasteiger partial charge in [-0.05, 0) is 123 Å². The van der Waals surface area contributed by atoms with Gasteiger partial charge in [0.25, 0.3) is 0 Å². The van der Waals surface area contributed by atoms with Crippen LogP contribution in [-0.2, 0) is 0 Å². The summed E-state index contributed by atoms with van der Waals surface area (Å²) in [6.07, 6.45) is 0. The van der Waals surface area contributed by atoms with E-state index in [0.717, 1.165) is 50.0 Å². The van der Waals surface area contributed by atoms with E-state index < -0.39 is 0 Å². The van der Waals surface area contributed by atoms with Gasteiger partial charge in [-0.2, -0.15) is 0 Å². The van der Waals surface area contributed by atoms with E-state index in [1.54, 1.807) is 0 Å². The predicted molar refractivity (Wildman–Crippen MR) is 261 cm³/mol. The minimum atomic E-state index is 0.866. The van der Waals surface area contributed by atoms with Crippen molar-refractivity contribution in [3.05, 3.63) is 224 Å². The zero-order chi connectivity index (χ0) is 40.3. The molecule has 61 heavy (non-hydrogen) atoms. The maximum atomic E-state index is 6.71. The largest absolute Gasteiger partial charge is 0.455 e. The quantitative estimate of drug-likeness (QED) is 0.160. The van der Waals surface area contributed by atoms with Crippen molar-refractivity contribution in [2.75, 3.05) is 4.90 Å². The monoisotopic (exact) mass is 795 g/mol. The smallest absolute Gasteiger partial charge is 0.143 e. The maximum absolute atomic E-state index is 6.71. The normalized spacial score (nSPS) is 11.6. The fraction of sp³-hybridized carbons (Fsp3) is 0. The number of hydrogen-bond donors (Lipinski definition) is 0. The van der Waals surface area contributed by atoms with Crippen LogP contribution in [0.3, 0.4) is 0 Å². The van der Waals surface area contributed by atoms with Crippen LogP contribution in [0.25, 0.3) is 97.4 Å². The number of benzene rings is 10. The number of fused-ring (bicyclic) bond motifs is 8. The van der Waals surface area contributed by atoms with Crippen LogP contribution < -0.4 is 4.90 Å². The minimum Gasteiger partial charge on any atom is -0.455 e. The van der Waals surface area contributed by atoms with Crippen LogP contribution in [0, 0.1) is 0 Å². The van der Waals surface area contributed by atoms with Crippen molar-refractivity contribution in [1.29, 1.82) is 0 Å². The second-order valence-corrected chi connectivity index (χ2v) is 16.8. The predicted octanol–water partition coefficient (Wildman–Crippen LogP) is 17.2. The Kier molecular flexibility index (Phi) is 8.39. The Morgan fingerprint density at radius 1 is 0.328 bits per heavy atom. The van der Waals surface area contributed by atoms with E-state index in [1.807, 2.05) is 11.3 Å². The first-order valence-electron chi connectivity index (χ1n) is 20.7. The Morgan fingerprint density at radius 2 is 0.852 bits per heavy atom. The number of anilines is 3. The molecule has 12 rings (SSSR count). The Hall–Kier alpha value is -7.72. The Balaban J connectivity index is 0.996. The van der Waals surface area contributed by atoms with Crippen LogP contribution in [0.15, 0.2) is 229 Å². The summed E-state index contributed by atoms with van der Waals surface area (Å²) in [6, 6.07) is 81.2. The van der Waals surface area contributed by atoms with Gasteiger partial charge in [-0.3, -0.25) is 0 Å². The molecule has 0 radical (unpaired) electrons. The van der Waals surface area contributed by atoms with Crippen LogP contribution >= 0.6 is 11.3 Å². The summed E-state index contributed by atoms with van der Waals surface area (Å²) in [5.74, 6) is 0. The van der Waals surface area contributed by atoms with Crippen molar-refractivity contribution in [3.63, 3.8) is 0 Å². The molecule has 3 heteroatoms. The fourth-order valence-electron chi connectivity index (χ4n) is 9.05. The van der Waals surface area contributed by atoms with Gasteiger partial charge < -0.3 is 9.32 Å². The Bertz CT molecular complexity index is 3510. The zero-order valence-electron chi connectivity index (χ0n) is 33.1. The van der Waals surface area contributed by atoms with Crippen LogP contribution in [-0.4, -0.2) is 0 Å². The van der Waals surface area contributed by atoms with Crippen LogP contribution in [0.5, 0.6) is 0 Å². The lowest BCUT2D eigenvalue weighted by Gasteiger charge is -2.26. The van der Waals surface area contributed by atoms with Gasteiger partial charge in [0.05, 0.1) is 11.1 Å². The van der Waals surface area contributed by atoms with Crippen LogP contribution in [0.2, 0.25) is 0 Å². The van der Waals surface area contributed by atoms with Crippen molar-refractivity contribution in [3.8, 4) is 44.5 Å². The van der Waals surface area contributed by atoms with Crippen LogP contribution in [0.4, 0.5) is 17.1 Å². The summed E-state index contributed by atoms with van der Waals surface area (Å²) in [5.41, 5.74) is 14.5. The highest BCUT2D eigenvalue weighted by Crippen LogP contribution is 2.45. The number of rotatable bonds is 7. The molecule has 0 saturated heterocycles. The van der Waals surface area contributed by atoms with Crippen molar-refractivity contribution in [2.45, 2.75) is 0 Å². The van der Waals surface area contributed by atoms with Crippen molar-refractivity contribution < 1.29 is 4.42 Å². The van der Waals surface area contributed by atoms with E-state index in [1.165, 1.54) is 64.5 Å². The molecule has 286 valence electrons. The third-order valence-electron chi connectivity index (χ3n) is 12.0. The zero-order valence-corrected chi connectivity index (χ0v) is 33.9. The van der Waals surface area contributed by atoms with E-state index in [0.29, 0.717) is 0 Å². The Labute approximate surface area is 357 Å². The molecule has 2 aromatic heterocycles. The van der Waals surface area contributed by atoms with E-state index >= 15 is 0 Å². The molecule has 0 aliphatic heterocycles. The molecule has 0 spiro atoms. The molecule has 10 aromatic carbocycles. The summed E-state index contributed by atoms with van der Waals surface area (Å²) >= 11 is 1.86. The molecule has 0 N–H and O–H groups in total. The second-order valence-electron chi connectivity index (χ2n) is 15.7. The third-order valence-corrected chi connectivity index (χ3v) is 13.2. The summed E-state index contributed by atoms with van der Waals surface area (Å²) in [6.45, 7) is 0. The van der Waals surface area contributed by atoms with E-state index in [9.17, 15) is 0 Å². The van der Waals surface area contributed by atoms with Gasteiger partial charge >= 0.3 is 0 Å². The van der Waals surface area contributed by atoms with Gasteiger partial charge in [0.15, 0.2) is 0 Å². The minimum absolute atomic E-state index is 0.866. The molecule has 2 heterocycles. The first-order chi connectivity index (χ1) is 30.2. The molecule has 0 aliphatic rings. The first kappa shape index (κ1) is 35.2. The summed E-state index contributed by atoms with van der Waals surface area (Å²) in [5, 5.41) is 7.11. The highest BCUT2D eigenvalue weighted by atomic mass is 32.1. The molecular weight excluding hydrogens is 759 g/mol. The standard InChI is InChI=1S/C58H37NOS/c1-3-12-38(13-4-1)44-34-45(39-14-5-2-6-15-39)36-46(35-44)41-24-30-48(31-25-41)59(53-19-11-20-54-57(53)52-33-26-42-16-7-8-17-49(42)58(52)60-54)47-28-22-40(23-29-47)43-27-32-51-50-18-9-10-21-55(50)61-56(51)37-43/h1-37H. The molecule has 0 fully saturated rings. The molecule has 0 bridgehead atoms. The van der Waals surface area contributed by atoms with Crippen molar-refractivity contribution in [2.24, 2.45) is 0 Å². The summed E-state index contributed by atoms with van der Waals surface area (Å²) in [4.78, 5) is 2.38. The molecule has 0 atom stereocenters. The average Bonchev–Trinajstić information content (AvgIpc) is 3.91. The van der Waals surface area contributed by atoms with Crippen molar-refractivity contribution >= 4 is 81.3 Å². The van der Waals surface area contributed by atoms with Gasteiger partial charge in [-0.25, -0.2) is 0 Å². The van der Waals surface area contributed by atoms with Gasteiger partial charge in [0, 0.05) is 42.3 Å². The molecule has 0 aliphatic carbocycles. The van der Waals surface area contributed by atoms with Crippen molar-refractivity contribution in [1.82, 2.24) is 0 Å². The van der Waals surface area contributed by atoms with Gasteiger partial charge in [-0.15, -0.1) is 11.3 Å². The lowest BCUT2D eigenvalue weighted by molar-refractivity contribution is 0.672. The third kappa shape index (κ3) is 6.18. The van der Waals surface area contributed by atoms with Gasteiger partial charge in [0.2, 0.25) is 0 Å². The summed E-state index contributed by atoms with van der Waals surface area (Å²) in [7, 11) is 0. The first-order valence-corrected chi connectivity index (χ1v) is 21.5. The molecule has 2 nitrogen and oxygen atoms in total. The van der Waals surface area contributed by atoms with Crippen LogP contribution in [0.1, 0.15) is 0 Å². The van der Waals surface area contributed by atoms with E-state index in [2.05, 4.69) is 229 Å². The SMILES string of the molecule is c1ccc(-c2cc(-c3ccccc3)cc(-c3ccc(N(c4ccc(-c5ccc6c(c5)sc5ccccc56)cc4)c4cccc5oc6c7ccccc7ccc6c45)cc3)c2)cc1. The highest BCUT2D eigenvalue weighted by molar-refractivity contribution is 7.25. The molecule has 0 amide bonds. The Morgan fingerprint density at radius 3 is 1.52 bits per heavy atom. The maximum Gasteiger partial charge on any atom is 0.143 e. The van der Waals surface area contributed by atoms with E-state index in [-0.39, 0.29) is 0 Å².